The van der Waals surface area contributed by atoms with E-state index in [9.17, 15) is 0 Å². The van der Waals surface area contributed by atoms with Crippen molar-refractivity contribution in [2.75, 3.05) is 0 Å². The van der Waals surface area contributed by atoms with Crippen molar-refractivity contribution in [2.45, 2.75) is 46.5 Å². The van der Waals surface area contributed by atoms with Crippen molar-refractivity contribution in [1.29, 1.82) is 0 Å². The number of hydrogen-bond acceptors (Lipinski definition) is 2. The maximum absolute atomic E-state index is 6.14. The first-order chi connectivity index (χ1) is 14.0. The largest absolute Gasteiger partial charge is 0.469 e. The normalized spacial score (nSPS) is 11.8. The van der Waals surface area contributed by atoms with Crippen LogP contribution in [0.1, 0.15) is 56.4 Å². The van der Waals surface area contributed by atoms with Crippen LogP contribution in [0.15, 0.2) is 53.1 Å². The van der Waals surface area contributed by atoms with Crippen molar-refractivity contribution in [3.63, 3.8) is 0 Å². The minimum absolute atomic E-state index is 0. The predicted molar refractivity (Wildman–Crippen MR) is 120 cm³/mol. The number of rotatable bonds is 3. The second-order valence-electron chi connectivity index (χ2n) is 8.45. The maximum atomic E-state index is 6.14. The molecular weight excluding hydrogens is 549 g/mol. The van der Waals surface area contributed by atoms with Crippen LogP contribution in [-0.4, -0.2) is 9.38 Å². The number of hydrogen-bond donors (Lipinski definition) is 0. The number of benzene rings is 2. The van der Waals surface area contributed by atoms with Gasteiger partial charge in [-0.3, -0.25) is 4.98 Å². The van der Waals surface area contributed by atoms with Gasteiger partial charge in [-0.15, -0.1) is 24.3 Å². The van der Waals surface area contributed by atoms with Crippen LogP contribution < -0.4 is 0 Å². The average molecular weight is 574 g/mol. The van der Waals surface area contributed by atoms with E-state index in [-0.39, 0.29) is 20.1 Å². The zero-order valence-corrected chi connectivity index (χ0v) is 20.3. The number of nitrogens with zero attached hydrogens (tertiary/aromatic N) is 2. The molecule has 0 amide bonds. The van der Waals surface area contributed by atoms with Crippen LogP contribution >= 0.6 is 0 Å². The van der Waals surface area contributed by atoms with Crippen molar-refractivity contribution in [3.05, 3.63) is 71.6 Å². The number of fused-ring (bicyclic) bond motifs is 6. The summed E-state index contributed by atoms with van der Waals surface area (Å²) < 4.78 is 8.40. The van der Waals surface area contributed by atoms with Crippen LogP contribution in [0, 0.1) is 13.0 Å². The molecule has 0 fully saturated rings. The molecule has 0 saturated carbocycles. The first-order valence-corrected chi connectivity index (χ1v) is 10.3. The van der Waals surface area contributed by atoms with Gasteiger partial charge in [0.1, 0.15) is 11.3 Å². The third-order valence-electron chi connectivity index (χ3n) is 5.79. The summed E-state index contributed by atoms with van der Waals surface area (Å²) in [6, 6.07) is 18.2. The summed E-state index contributed by atoms with van der Waals surface area (Å²) in [7, 11) is 0. The molecule has 0 N–H and O–H groups in total. The molecule has 0 unspecified atom stereocenters. The predicted octanol–water partition coefficient (Wildman–Crippen LogP) is 7.25. The minimum atomic E-state index is 0. The summed E-state index contributed by atoms with van der Waals surface area (Å²) in [5, 5.41) is 2.05. The monoisotopic (exact) mass is 574 g/mol. The Hall–Kier alpha value is -2.42. The Morgan fingerprint density at radius 2 is 1.70 bits per heavy atom. The number of aryl methyl sites for hydroxylation is 1. The standard InChI is InChI=1S/C26H25N2O.Ir/c1-15(2)18-11-8-12-19(16(3)4)24(18)23-14-27-26-21-10-7-6-9-20(21)25-22(28(23)26)13-17(5)29-25;/h6-9,11-16H,1-5H3;/q-1;. The molecule has 0 aliphatic heterocycles. The van der Waals surface area contributed by atoms with Crippen molar-refractivity contribution < 1.29 is 24.5 Å². The molecule has 3 aromatic heterocycles. The number of furan rings is 1. The summed E-state index contributed by atoms with van der Waals surface area (Å²) in [4.78, 5) is 4.87. The summed E-state index contributed by atoms with van der Waals surface area (Å²) >= 11 is 0. The van der Waals surface area contributed by atoms with E-state index in [0.29, 0.717) is 11.8 Å². The average Bonchev–Trinajstić information content (AvgIpc) is 3.30. The smallest absolute Gasteiger partial charge is 0.116 e. The fourth-order valence-electron chi connectivity index (χ4n) is 4.47. The van der Waals surface area contributed by atoms with E-state index in [1.54, 1.807) is 0 Å². The van der Waals surface area contributed by atoms with Gasteiger partial charge < -0.3 is 8.82 Å². The second kappa shape index (κ2) is 7.68. The zero-order chi connectivity index (χ0) is 20.3. The molecule has 0 spiro atoms. The molecule has 0 aliphatic rings. The van der Waals surface area contributed by atoms with Gasteiger partial charge >= 0.3 is 0 Å². The third kappa shape index (κ3) is 3.02. The Kier molecular flexibility index (Phi) is 5.34. The van der Waals surface area contributed by atoms with Gasteiger partial charge in [-0.2, -0.15) is 0 Å². The molecule has 1 radical (unpaired) electrons. The van der Waals surface area contributed by atoms with E-state index in [4.69, 9.17) is 9.40 Å². The Balaban J connectivity index is 0.00000218. The molecule has 4 heteroatoms. The van der Waals surface area contributed by atoms with Gasteiger partial charge in [0.25, 0.3) is 0 Å². The molecule has 5 rings (SSSR count). The van der Waals surface area contributed by atoms with E-state index >= 15 is 0 Å². The van der Waals surface area contributed by atoms with Crippen LogP contribution in [0.5, 0.6) is 0 Å². The number of aromatic nitrogens is 2. The third-order valence-corrected chi connectivity index (χ3v) is 5.79. The van der Waals surface area contributed by atoms with Crippen LogP contribution in [0.3, 0.4) is 0 Å². The molecule has 2 aromatic carbocycles. The SMILES string of the molecule is Cc1cc2c(o1)c1ccc[c-]c1c1ncc(-c3c(C(C)C)cccc3C(C)C)n21.[Ir]. The van der Waals surface area contributed by atoms with Crippen LogP contribution in [-0.2, 0) is 20.1 Å². The summed E-state index contributed by atoms with van der Waals surface area (Å²) in [6.07, 6.45) is 2.02. The minimum Gasteiger partial charge on any atom is -0.469 e. The van der Waals surface area contributed by atoms with E-state index in [1.807, 2.05) is 25.3 Å². The summed E-state index contributed by atoms with van der Waals surface area (Å²) in [5.74, 6) is 1.74. The van der Waals surface area contributed by atoms with E-state index in [2.05, 4.69) is 68.5 Å². The van der Waals surface area contributed by atoms with Crippen molar-refractivity contribution >= 4 is 27.5 Å². The first kappa shape index (κ1) is 20.8. The molecule has 0 aliphatic carbocycles. The van der Waals surface area contributed by atoms with E-state index in [1.165, 1.54) is 16.7 Å². The molecule has 5 aromatic rings. The van der Waals surface area contributed by atoms with Crippen molar-refractivity contribution in [2.24, 2.45) is 0 Å². The molecule has 155 valence electrons. The van der Waals surface area contributed by atoms with Gasteiger partial charge in [-0.25, -0.2) is 0 Å². The molecule has 3 nitrogen and oxygen atoms in total. The zero-order valence-electron chi connectivity index (χ0n) is 17.9. The molecule has 30 heavy (non-hydrogen) atoms. The quantitative estimate of drug-likeness (QED) is 0.213. The van der Waals surface area contributed by atoms with E-state index < -0.39 is 0 Å². The van der Waals surface area contributed by atoms with Crippen LogP contribution in [0.4, 0.5) is 0 Å². The molecule has 0 atom stereocenters. The Labute approximate surface area is 190 Å². The molecule has 0 saturated heterocycles. The fraction of sp³-hybridized carbons (Fsp3) is 0.269. The molecular formula is C26H25IrN2O-. The second-order valence-corrected chi connectivity index (χ2v) is 8.45. The van der Waals surface area contributed by atoms with Crippen LogP contribution in [0.25, 0.3) is 38.8 Å². The Morgan fingerprint density at radius 1 is 1.00 bits per heavy atom. The number of imidazole rings is 1. The summed E-state index contributed by atoms with van der Waals surface area (Å²) in [5.41, 5.74) is 8.00. The van der Waals surface area contributed by atoms with E-state index in [0.717, 1.165) is 39.0 Å². The summed E-state index contributed by atoms with van der Waals surface area (Å²) in [6.45, 7) is 11.0. The van der Waals surface area contributed by atoms with Crippen LogP contribution in [0.2, 0.25) is 0 Å². The van der Waals surface area contributed by atoms with Gasteiger partial charge in [0, 0.05) is 37.9 Å². The van der Waals surface area contributed by atoms with Gasteiger partial charge in [-0.05, 0) is 29.9 Å². The van der Waals surface area contributed by atoms with Gasteiger partial charge in [-0.1, -0.05) is 56.7 Å². The number of pyridine rings is 1. The Bertz CT molecular complexity index is 1350. The van der Waals surface area contributed by atoms with Gasteiger partial charge in [0.2, 0.25) is 0 Å². The molecule has 0 bridgehead atoms. The topological polar surface area (TPSA) is 30.4 Å². The first-order valence-electron chi connectivity index (χ1n) is 10.3. The van der Waals surface area contributed by atoms with Crippen molar-refractivity contribution in [1.82, 2.24) is 9.38 Å². The van der Waals surface area contributed by atoms with Crippen molar-refractivity contribution in [3.8, 4) is 11.3 Å². The van der Waals surface area contributed by atoms with Gasteiger partial charge in [0.15, 0.2) is 0 Å². The Morgan fingerprint density at radius 3 is 2.37 bits per heavy atom. The van der Waals surface area contributed by atoms with Gasteiger partial charge in [0.05, 0.1) is 16.9 Å². The molecule has 3 heterocycles. The maximum Gasteiger partial charge on any atom is 0.116 e. The fourth-order valence-corrected chi connectivity index (χ4v) is 4.47.